The van der Waals surface area contributed by atoms with Crippen LogP contribution in [0.15, 0.2) is 79.1 Å². The molecule has 30 heavy (non-hydrogen) atoms. The molecule has 7 nitrogen and oxygen atoms in total. The normalized spacial score (nSPS) is 10.9. The van der Waals surface area contributed by atoms with Crippen molar-refractivity contribution >= 4 is 21.5 Å². The van der Waals surface area contributed by atoms with Crippen LogP contribution in [-0.2, 0) is 0 Å². The lowest BCUT2D eigenvalue weighted by molar-refractivity contribution is 0.397. The highest BCUT2D eigenvalue weighted by Crippen LogP contribution is 2.28. The van der Waals surface area contributed by atoms with Crippen molar-refractivity contribution < 1.29 is 19.7 Å². The van der Waals surface area contributed by atoms with Crippen molar-refractivity contribution in [3.63, 3.8) is 0 Å². The van der Waals surface area contributed by atoms with Gasteiger partial charge in [0.25, 0.3) is 0 Å². The maximum absolute atomic E-state index is 9.57. The Kier molecular flexibility index (Phi) is 4.25. The summed E-state index contributed by atoms with van der Waals surface area (Å²) in [6, 6.07) is 21.3. The SMILES string of the molecule is Oc1ccc2cc(Oc3ncnc(Oc4ccc5cc(O)ccc5c4)n3)ccc2c1. The third-order valence-electron chi connectivity index (χ3n) is 4.54. The van der Waals surface area contributed by atoms with Crippen molar-refractivity contribution in [1.29, 1.82) is 0 Å². The van der Waals surface area contributed by atoms with Crippen LogP contribution in [0, 0.1) is 0 Å². The molecule has 0 unspecified atom stereocenters. The van der Waals surface area contributed by atoms with Gasteiger partial charge in [0.2, 0.25) is 0 Å². The number of hydrogen-bond acceptors (Lipinski definition) is 7. The average molecular weight is 397 g/mol. The molecule has 0 spiro atoms. The van der Waals surface area contributed by atoms with E-state index < -0.39 is 0 Å². The maximum Gasteiger partial charge on any atom is 0.328 e. The van der Waals surface area contributed by atoms with Crippen molar-refractivity contribution in [2.75, 3.05) is 0 Å². The molecule has 0 aliphatic carbocycles. The molecule has 0 aliphatic heterocycles. The topological polar surface area (TPSA) is 97.6 Å². The Morgan fingerprint density at radius 3 is 1.47 bits per heavy atom. The van der Waals surface area contributed by atoms with Gasteiger partial charge in [-0.3, -0.25) is 0 Å². The van der Waals surface area contributed by atoms with Gasteiger partial charge in [0.15, 0.2) is 0 Å². The average Bonchev–Trinajstić information content (AvgIpc) is 2.74. The molecule has 0 saturated heterocycles. The minimum atomic E-state index is 0.101. The number of fused-ring (bicyclic) bond motifs is 2. The first-order valence-corrected chi connectivity index (χ1v) is 9.13. The standard InChI is InChI=1S/C23H15N3O4/c27-18-5-1-16-11-20(7-3-14(16)9-18)29-22-24-13-25-23(26-22)30-21-8-4-15-10-19(28)6-2-17(15)12-21/h1-13,27-28H. The molecule has 5 aromatic rings. The molecule has 0 aliphatic rings. The fraction of sp³-hybridized carbons (Fsp3) is 0. The first kappa shape index (κ1) is 17.7. The number of nitrogens with zero attached hydrogens (tertiary/aromatic N) is 3. The number of rotatable bonds is 4. The van der Waals surface area contributed by atoms with Crippen LogP contribution in [0.2, 0.25) is 0 Å². The molecule has 4 aromatic carbocycles. The van der Waals surface area contributed by atoms with E-state index in [4.69, 9.17) is 9.47 Å². The number of ether oxygens (including phenoxy) is 2. The summed E-state index contributed by atoms with van der Waals surface area (Å²) in [5.74, 6) is 1.52. The highest BCUT2D eigenvalue weighted by Gasteiger charge is 2.08. The smallest absolute Gasteiger partial charge is 0.328 e. The number of phenolic OH excluding ortho intramolecular Hbond substituents is 2. The van der Waals surface area contributed by atoms with Crippen molar-refractivity contribution in [2.24, 2.45) is 0 Å². The van der Waals surface area contributed by atoms with Gasteiger partial charge in [0.05, 0.1) is 0 Å². The maximum atomic E-state index is 9.57. The van der Waals surface area contributed by atoms with E-state index in [0.29, 0.717) is 11.5 Å². The Labute approximate surface area is 170 Å². The van der Waals surface area contributed by atoms with Crippen LogP contribution in [0.25, 0.3) is 21.5 Å². The van der Waals surface area contributed by atoms with Crippen LogP contribution in [0.4, 0.5) is 0 Å². The monoisotopic (exact) mass is 397 g/mol. The molecule has 0 radical (unpaired) electrons. The minimum Gasteiger partial charge on any atom is -0.508 e. The second-order valence-corrected chi connectivity index (χ2v) is 6.64. The van der Waals surface area contributed by atoms with Gasteiger partial charge in [-0.1, -0.05) is 24.3 Å². The summed E-state index contributed by atoms with van der Waals surface area (Å²) in [5.41, 5.74) is 0. The Hall–Kier alpha value is -4.39. The van der Waals surface area contributed by atoms with Gasteiger partial charge in [0.1, 0.15) is 29.3 Å². The second kappa shape index (κ2) is 7.21. The third-order valence-corrected chi connectivity index (χ3v) is 4.54. The number of aromatic nitrogens is 3. The molecular formula is C23H15N3O4. The largest absolute Gasteiger partial charge is 0.508 e. The molecule has 7 heteroatoms. The van der Waals surface area contributed by atoms with Crippen molar-refractivity contribution in [3.05, 3.63) is 79.1 Å². The quantitative estimate of drug-likeness (QED) is 0.431. The number of benzene rings is 4. The molecule has 0 fully saturated rings. The summed E-state index contributed by atoms with van der Waals surface area (Å²) in [7, 11) is 0. The Morgan fingerprint density at radius 1 is 0.533 bits per heavy atom. The van der Waals surface area contributed by atoms with Crippen molar-refractivity contribution in [2.45, 2.75) is 0 Å². The van der Waals surface area contributed by atoms with Gasteiger partial charge in [-0.25, -0.2) is 0 Å². The fourth-order valence-corrected chi connectivity index (χ4v) is 3.13. The molecule has 5 rings (SSSR count). The minimum absolute atomic E-state index is 0.101. The molecule has 0 atom stereocenters. The van der Waals surface area contributed by atoms with Crippen molar-refractivity contribution in [1.82, 2.24) is 15.0 Å². The molecule has 146 valence electrons. The molecule has 1 aromatic heterocycles. The molecule has 0 amide bonds. The van der Waals surface area contributed by atoms with E-state index in [-0.39, 0.29) is 23.5 Å². The Morgan fingerprint density at radius 2 is 0.967 bits per heavy atom. The fourth-order valence-electron chi connectivity index (χ4n) is 3.13. The van der Waals surface area contributed by atoms with Gasteiger partial charge >= 0.3 is 12.0 Å². The van der Waals surface area contributed by atoms with Crippen LogP contribution in [0.5, 0.6) is 35.0 Å². The molecule has 0 bridgehead atoms. The third kappa shape index (κ3) is 3.64. The second-order valence-electron chi connectivity index (χ2n) is 6.64. The van der Waals surface area contributed by atoms with E-state index in [1.165, 1.54) is 6.33 Å². The first-order chi connectivity index (χ1) is 14.6. The Bertz CT molecular complexity index is 1290. The van der Waals surface area contributed by atoms with Gasteiger partial charge in [-0.15, -0.1) is 4.98 Å². The molecule has 1 heterocycles. The lowest BCUT2D eigenvalue weighted by Crippen LogP contribution is -1.97. The summed E-state index contributed by atoms with van der Waals surface area (Å²) in [5, 5.41) is 22.8. The zero-order valence-corrected chi connectivity index (χ0v) is 15.6. The lowest BCUT2D eigenvalue weighted by atomic mass is 10.1. The number of aromatic hydroxyl groups is 2. The van der Waals surface area contributed by atoms with Gasteiger partial charge < -0.3 is 19.7 Å². The summed E-state index contributed by atoms with van der Waals surface area (Å²) >= 11 is 0. The molecular weight excluding hydrogens is 382 g/mol. The predicted molar refractivity (Wildman–Crippen MR) is 111 cm³/mol. The summed E-state index contributed by atoms with van der Waals surface area (Å²) in [4.78, 5) is 12.3. The predicted octanol–water partition coefficient (Wildman–Crippen LogP) is 5.17. The zero-order chi connectivity index (χ0) is 20.5. The van der Waals surface area contributed by atoms with Gasteiger partial charge in [0, 0.05) is 0 Å². The lowest BCUT2D eigenvalue weighted by Gasteiger charge is -2.08. The van der Waals surface area contributed by atoms with Crippen LogP contribution < -0.4 is 9.47 Å². The van der Waals surface area contributed by atoms with E-state index in [0.717, 1.165) is 21.5 Å². The molecule has 0 saturated carbocycles. The Balaban J connectivity index is 1.37. The van der Waals surface area contributed by atoms with E-state index in [1.807, 2.05) is 24.3 Å². The van der Waals surface area contributed by atoms with Gasteiger partial charge in [-0.05, 0) is 70.1 Å². The van der Waals surface area contributed by atoms with Crippen LogP contribution in [0.1, 0.15) is 0 Å². The number of phenols is 2. The van der Waals surface area contributed by atoms with E-state index >= 15 is 0 Å². The summed E-state index contributed by atoms with van der Waals surface area (Å²) in [6.07, 6.45) is 1.32. The summed E-state index contributed by atoms with van der Waals surface area (Å²) < 4.78 is 11.5. The van der Waals surface area contributed by atoms with Crippen molar-refractivity contribution in [3.8, 4) is 35.0 Å². The van der Waals surface area contributed by atoms with Crippen LogP contribution >= 0.6 is 0 Å². The highest BCUT2D eigenvalue weighted by molar-refractivity contribution is 5.86. The van der Waals surface area contributed by atoms with Gasteiger partial charge in [-0.2, -0.15) is 9.97 Å². The number of hydrogen-bond donors (Lipinski definition) is 2. The van der Waals surface area contributed by atoms with Crippen LogP contribution in [-0.4, -0.2) is 25.2 Å². The van der Waals surface area contributed by atoms with Crippen LogP contribution in [0.3, 0.4) is 0 Å². The highest BCUT2D eigenvalue weighted by atomic mass is 16.5. The summed E-state index contributed by atoms with van der Waals surface area (Å²) in [6.45, 7) is 0. The zero-order valence-electron chi connectivity index (χ0n) is 15.6. The van der Waals surface area contributed by atoms with E-state index in [2.05, 4.69) is 15.0 Å². The van der Waals surface area contributed by atoms with E-state index in [1.54, 1.807) is 48.5 Å². The first-order valence-electron chi connectivity index (χ1n) is 9.13. The van der Waals surface area contributed by atoms with E-state index in [9.17, 15) is 10.2 Å². The molecule has 2 N–H and O–H groups in total.